The lowest BCUT2D eigenvalue weighted by molar-refractivity contribution is 0.627. The maximum absolute atomic E-state index is 12.8. The number of nitrogens with zero attached hydrogens (tertiary/aromatic N) is 1. The highest BCUT2D eigenvalue weighted by Crippen LogP contribution is 2.14. The van der Waals surface area contributed by atoms with Crippen LogP contribution < -0.4 is 5.69 Å². The van der Waals surface area contributed by atoms with E-state index in [1.54, 1.807) is 30.3 Å². The van der Waals surface area contributed by atoms with Gasteiger partial charge in [-0.2, -0.15) is 0 Å². The zero-order chi connectivity index (χ0) is 11.8. The molecule has 0 spiro atoms. The van der Waals surface area contributed by atoms with Crippen LogP contribution in [0.4, 0.5) is 4.39 Å². The van der Waals surface area contributed by atoms with Crippen LogP contribution in [0.5, 0.6) is 0 Å². The van der Waals surface area contributed by atoms with Gasteiger partial charge in [0, 0.05) is 0 Å². The van der Waals surface area contributed by atoms with Gasteiger partial charge in [0.25, 0.3) is 0 Å². The van der Waals surface area contributed by atoms with Crippen LogP contribution in [0.25, 0.3) is 16.7 Å². The Hall–Kier alpha value is -2.36. The molecule has 1 heterocycles. The maximum Gasteiger partial charge on any atom is 0.331 e. The maximum atomic E-state index is 12.8. The molecule has 0 fully saturated rings. The quantitative estimate of drug-likeness (QED) is 0.680. The number of benzene rings is 2. The molecular formula is C13H8FN2O. The van der Waals surface area contributed by atoms with E-state index in [1.165, 1.54) is 16.7 Å². The van der Waals surface area contributed by atoms with E-state index in [9.17, 15) is 9.18 Å². The van der Waals surface area contributed by atoms with Crippen LogP contribution >= 0.6 is 0 Å². The fourth-order valence-electron chi connectivity index (χ4n) is 1.84. The molecule has 1 aromatic heterocycles. The molecule has 0 unspecified atom stereocenters. The van der Waals surface area contributed by atoms with Crippen molar-refractivity contribution in [2.45, 2.75) is 0 Å². The number of aromatic nitrogens is 2. The Bertz CT molecular complexity index is 725. The summed E-state index contributed by atoms with van der Waals surface area (Å²) in [6.45, 7) is 0. The van der Waals surface area contributed by atoms with E-state index in [4.69, 9.17) is 0 Å². The van der Waals surface area contributed by atoms with Crippen molar-refractivity contribution < 1.29 is 4.39 Å². The number of hydrogen-bond acceptors (Lipinski definition) is 1. The largest absolute Gasteiger partial charge is 0.331 e. The second-order valence-electron chi connectivity index (χ2n) is 3.69. The van der Waals surface area contributed by atoms with E-state index in [0.717, 1.165) is 5.52 Å². The fourth-order valence-corrected chi connectivity index (χ4v) is 1.84. The smallest absolute Gasteiger partial charge is 0.305 e. The second-order valence-corrected chi connectivity index (χ2v) is 3.69. The van der Waals surface area contributed by atoms with Crippen molar-refractivity contribution in [1.29, 1.82) is 0 Å². The van der Waals surface area contributed by atoms with Crippen LogP contribution in [0.2, 0.25) is 0 Å². The predicted octanol–water partition coefficient (Wildman–Crippen LogP) is 2.26. The number of nitrogens with one attached hydrogen (secondary N) is 1. The van der Waals surface area contributed by atoms with E-state index in [2.05, 4.69) is 11.1 Å². The van der Waals surface area contributed by atoms with Crippen molar-refractivity contribution in [3.05, 3.63) is 64.8 Å². The molecule has 0 atom stereocenters. The molecule has 0 aliphatic rings. The minimum atomic E-state index is -0.324. The lowest BCUT2D eigenvalue weighted by atomic mass is 10.3. The number of fused-ring (bicyclic) bond motifs is 1. The number of aromatic amines is 1. The predicted molar refractivity (Wildman–Crippen MR) is 62.7 cm³/mol. The molecular weight excluding hydrogens is 219 g/mol. The van der Waals surface area contributed by atoms with E-state index in [0.29, 0.717) is 11.2 Å². The van der Waals surface area contributed by atoms with Crippen LogP contribution in [0.3, 0.4) is 0 Å². The molecule has 3 aromatic rings. The molecule has 3 rings (SSSR count). The number of H-pyrrole nitrogens is 1. The summed E-state index contributed by atoms with van der Waals surface area (Å²) in [6.07, 6.45) is 0. The van der Waals surface area contributed by atoms with Crippen LogP contribution in [-0.4, -0.2) is 9.55 Å². The highest BCUT2D eigenvalue weighted by molar-refractivity contribution is 5.76. The molecule has 1 N–H and O–H groups in total. The van der Waals surface area contributed by atoms with Crippen LogP contribution in [0.15, 0.2) is 47.3 Å². The summed E-state index contributed by atoms with van der Waals surface area (Å²) in [5.74, 6) is -0.324. The third-order valence-electron chi connectivity index (χ3n) is 2.61. The molecule has 2 aromatic carbocycles. The molecule has 0 amide bonds. The number of imidazole rings is 1. The summed E-state index contributed by atoms with van der Waals surface area (Å²) in [5.41, 5.74) is 1.85. The van der Waals surface area contributed by atoms with Crippen LogP contribution in [-0.2, 0) is 0 Å². The summed E-state index contributed by atoms with van der Waals surface area (Å²) >= 11 is 0. The van der Waals surface area contributed by atoms with Gasteiger partial charge in [-0.1, -0.05) is 6.07 Å². The Kier molecular flexibility index (Phi) is 2.08. The highest BCUT2D eigenvalue weighted by Gasteiger charge is 2.07. The van der Waals surface area contributed by atoms with Crippen molar-refractivity contribution in [3.63, 3.8) is 0 Å². The van der Waals surface area contributed by atoms with E-state index < -0.39 is 0 Å². The molecule has 0 saturated carbocycles. The van der Waals surface area contributed by atoms with Gasteiger partial charge in [0.1, 0.15) is 5.82 Å². The second kappa shape index (κ2) is 3.59. The van der Waals surface area contributed by atoms with Gasteiger partial charge in [-0.3, -0.25) is 4.57 Å². The van der Waals surface area contributed by atoms with Gasteiger partial charge in [-0.25, -0.2) is 9.18 Å². The van der Waals surface area contributed by atoms with E-state index in [1.807, 2.05) is 0 Å². The molecule has 4 heteroatoms. The first-order valence-electron chi connectivity index (χ1n) is 5.12. The standard InChI is InChI=1S/C13H8FN2O/c14-9-5-7-10(8-6-9)16-12-4-2-1-3-11(12)15-13(16)17/h2-8H,(H,15,17). The molecule has 0 bridgehead atoms. The first-order chi connectivity index (χ1) is 8.25. The third-order valence-corrected chi connectivity index (χ3v) is 2.61. The zero-order valence-corrected chi connectivity index (χ0v) is 8.77. The summed E-state index contributed by atoms with van der Waals surface area (Å²) in [6, 6.07) is 13.9. The molecule has 0 aliphatic heterocycles. The summed E-state index contributed by atoms with van der Waals surface area (Å²) in [7, 11) is 0. The lowest BCUT2D eigenvalue weighted by Crippen LogP contribution is -2.14. The van der Waals surface area contributed by atoms with E-state index >= 15 is 0 Å². The summed E-state index contributed by atoms with van der Waals surface area (Å²) in [5, 5.41) is 0. The number of rotatable bonds is 1. The van der Waals surface area contributed by atoms with Crippen LogP contribution in [0.1, 0.15) is 0 Å². The first-order valence-corrected chi connectivity index (χ1v) is 5.12. The van der Waals surface area contributed by atoms with Gasteiger partial charge in [0.15, 0.2) is 0 Å². The molecule has 17 heavy (non-hydrogen) atoms. The number of halogens is 1. The Balaban J connectivity index is 2.33. The topological polar surface area (TPSA) is 37.8 Å². The zero-order valence-electron chi connectivity index (χ0n) is 8.77. The highest BCUT2D eigenvalue weighted by atomic mass is 19.1. The van der Waals surface area contributed by atoms with Crippen molar-refractivity contribution in [2.75, 3.05) is 0 Å². The minimum Gasteiger partial charge on any atom is -0.305 e. The molecule has 83 valence electrons. The first kappa shape index (κ1) is 9.84. The molecule has 1 radical (unpaired) electrons. The third kappa shape index (κ3) is 1.54. The van der Waals surface area contributed by atoms with Crippen molar-refractivity contribution in [3.8, 4) is 5.69 Å². The summed E-state index contributed by atoms with van der Waals surface area (Å²) < 4.78 is 14.3. The van der Waals surface area contributed by atoms with Crippen LogP contribution in [0, 0.1) is 11.9 Å². The van der Waals surface area contributed by atoms with Gasteiger partial charge < -0.3 is 4.98 Å². The SMILES string of the molecule is O=c1[nH]c2c[c]ccc2n1-c1ccc(F)cc1. The summed E-state index contributed by atoms with van der Waals surface area (Å²) in [4.78, 5) is 14.5. The average molecular weight is 227 g/mol. The monoisotopic (exact) mass is 227 g/mol. The Morgan fingerprint density at radius 2 is 1.94 bits per heavy atom. The van der Waals surface area contributed by atoms with Crippen molar-refractivity contribution in [1.82, 2.24) is 9.55 Å². The van der Waals surface area contributed by atoms with Gasteiger partial charge in [-0.05, 0) is 42.5 Å². The molecule has 3 nitrogen and oxygen atoms in total. The van der Waals surface area contributed by atoms with Gasteiger partial charge in [0.05, 0.1) is 16.7 Å². The van der Waals surface area contributed by atoms with Crippen molar-refractivity contribution >= 4 is 11.0 Å². The minimum absolute atomic E-state index is 0.244. The Morgan fingerprint density at radius 1 is 1.18 bits per heavy atom. The van der Waals surface area contributed by atoms with Gasteiger partial charge in [0.2, 0.25) is 0 Å². The van der Waals surface area contributed by atoms with Gasteiger partial charge >= 0.3 is 5.69 Å². The average Bonchev–Trinajstić information content (AvgIpc) is 2.66. The normalized spacial score (nSPS) is 10.9. The fraction of sp³-hybridized carbons (Fsp3) is 0. The Morgan fingerprint density at radius 3 is 2.71 bits per heavy atom. The van der Waals surface area contributed by atoms with Gasteiger partial charge in [-0.15, -0.1) is 0 Å². The lowest BCUT2D eigenvalue weighted by Gasteiger charge is -2.02. The molecule has 0 aliphatic carbocycles. The number of hydrogen-bond donors (Lipinski definition) is 1. The Labute approximate surface area is 96.1 Å². The van der Waals surface area contributed by atoms with Crippen molar-refractivity contribution in [2.24, 2.45) is 0 Å². The molecule has 0 saturated heterocycles. The van der Waals surface area contributed by atoms with E-state index in [-0.39, 0.29) is 11.5 Å².